The minimum Gasteiger partial charge on any atom is -0.488 e. The van der Waals surface area contributed by atoms with Crippen LogP contribution < -0.4 is 20.8 Å². The SMILES string of the molecule is CCN(CC)c1ccc(/C=N/NC(N)=S)c(OCc2c(C)cccc2Cl)c1. The highest BCUT2D eigenvalue weighted by Gasteiger charge is 2.10. The second-order valence-electron chi connectivity index (χ2n) is 5.95. The third kappa shape index (κ3) is 5.84. The number of hydrogen-bond acceptors (Lipinski definition) is 4. The summed E-state index contributed by atoms with van der Waals surface area (Å²) in [5.41, 5.74) is 11.9. The number of hydrazone groups is 1. The smallest absolute Gasteiger partial charge is 0.184 e. The predicted molar refractivity (Wildman–Crippen MR) is 118 cm³/mol. The van der Waals surface area contributed by atoms with Crippen LogP contribution in [0.3, 0.4) is 0 Å². The fraction of sp³-hybridized carbons (Fsp3) is 0.300. The molecule has 2 aromatic rings. The van der Waals surface area contributed by atoms with Gasteiger partial charge >= 0.3 is 0 Å². The zero-order valence-electron chi connectivity index (χ0n) is 15.8. The molecule has 0 heterocycles. The van der Waals surface area contributed by atoms with E-state index in [9.17, 15) is 0 Å². The number of thiocarbonyl (C=S) groups is 1. The van der Waals surface area contributed by atoms with E-state index in [0.29, 0.717) is 17.4 Å². The van der Waals surface area contributed by atoms with Gasteiger partial charge in [-0.05, 0) is 56.8 Å². The molecular weight excluding hydrogens is 380 g/mol. The molecule has 0 unspecified atom stereocenters. The van der Waals surface area contributed by atoms with Crippen molar-refractivity contribution in [1.29, 1.82) is 0 Å². The van der Waals surface area contributed by atoms with Gasteiger partial charge in [-0.2, -0.15) is 5.10 Å². The zero-order valence-corrected chi connectivity index (χ0v) is 17.4. The van der Waals surface area contributed by atoms with E-state index in [1.54, 1.807) is 6.21 Å². The Kier molecular flexibility index (Phi) is 7.88. The lowest BCUT2D eigenvalue weighted by molar-refractivity contribution is 0.305. The van der Waals surface area contributed by atoms with Crippen LogP contribution in [0.1, 0.15) is 30.5 Å². The molecule has 0 spiro atoms. The average Bonchev–Trinajstić information content (AvgIpc) is 2.63. The fourth-order valence-electron chi connectivity index (χ4n) is 2.70. The fourth-order valence-corrected chi connectivity index (χ4v) is 3.03. The Hall–Kier alpha value is -2.31. The molecule has 0 saturated heterocycles. The molecular formula is C20H25ClN4OS. The van der Waals surface area contributed by atoms with Crippen molar-refractivity contribution in [1.82, 2.24) is 5.43 Å². The number of anilines is 1. The third-order valence-electron chi connectivity index (χ3n) is 4.23. The number of hydrogen-bond donors (Lipinski definition) is 2. The second kappa shape index (κ2) is 10.1. The Morgan fingerprint density at radius 3 is 2.67 bits per heavy atom. The van der Waals surface area contributed by atoms with Crippen LogP contribution in [0.4, 0.5) is 5.69 Å². The first-order valence-electron chi connectivity index (χ1n) is 8.80. The van der Waals surface area contributed by atoms with Crippen LogP contribution in [0.15, 0.2) is 41.5 Å². The van der Waals surface area contributed by atoms with Gasteiger partial charge in [-0.25, -0.2) is 0 Å². The number of aryl methyl sites for hydroxylation is 1. The molecule has 0 radical (unpaired) electrons. The van der Waals surface area contributed by atoms with Crippen LogP contribution in [-0.4, -0.2) is 24.4 Å². The molecule has 7 heteroatoms. The van der Waals surface area contributed by atoms with E-state index in [-0.39, 0.29) is 5.11 Å². The number of benzene rings is 2. The molecule has 0 aliphatic carbocycles. The molecule has 0 aliphatic heterocycles. The van der Waals surface area contributed by atoms with Crippen LogP contribution in [0.2, 0.25) is 5.02 Å². The molecule has 0 fully saturated rings. The molecule has 0 amide bonds. The summed E-state index contributed by atoms with van der Waals surface area (Å²) >= 11 is 11.1. The maximum atomic E-state index is 6.33. The molecule has 0 aliphatic rings. The van der Waals surface area contributed by atoms with Gasteiger partial charge < -0.3 is 15.4 Å². The second-order valence-corrected chi connectivity index (χ2v) is 6.80. The van der Waals surface area contributed by atoms with E-state index >= 15 is 0 Å². The van der Waals surface area contributed by atoms with Gasteiger partial charge in [0.2, 0.25) is 0 Å². The van der Waals surface area contributed by atoms with E-state index in [1.165, 1.54) is 0 Å². The van der Waals surface area contributed by atoms with Gasteiger partial charge in [0, 0.05) is 41.0 Å². The van der Waals surface area contributed by atoms with Crippen molar-refractivity contribution in [3.05, 3.63) is 58.1 Å². The highest BCUT2D eigenvalue weighted by atomic mass is 35.5. The van der Waals surface area contributed by atoms with Gasteiger partial charge in [0.15, 0.2) is 5.11 Å². The van der Waals surface area contributed by atoms with E-state index in [1.807, 2.05) is 43.3 Å². The lowest BCUT2D eigenvalue weighted by Gasteiger charge is -2.22. The number of nitrogens with one attached hydrogen (secondary N) is 1. The topological polar surface area (TPSA) is 62.9 Å². The van der Waals surface area contributed by atoms with Gasteiger partial charge in [-0.1, -0.05) is 23.7 Å². The molecule has 0 saturated carbocycles. The van der Waals surface area contributed by atoms with E-state index in [0.717, 1.165) is 35.5 Å². The van der Waals surface area contributed by atoms with Crippen LogP contribution in [0, 0.1) is 6.92 Å². The first-order chi connectivity index (χ1) is 13.0. The van der Waals surface area contributed by atoms with Crippen LogP contribution in [0.5, 0.6) is 5.75 Å². The van der Waals surface area contributed by atoms with Crippen molar-refractivity contribution in [2.75, 3.05) is 18.0 Å². The van der Waals surface area contributed by atoms with Crippen molar-refractivity contribution >= 4 is 40.8 Å². The van der Waals surface area contributed by atoms with Gasteiger partial charge in [0.05, 0.1) is 6.21 Å². The van der Waals surface area contributed by atoms with Crippen molar-refractivity contribution in [2.24, 2.45) is 10.8 Å². The Bertz CT molecular complexity index is 801. The first kappa shape index (κ1) is 21.0. The molecule has 3 N–H and O–H groups in total. The monoisotopic (exact) mass is 404 g/mol. The summed E-state index contributed by atoms with van der Waals surface area (Å²) in [7, 11) is 0. The standard InChI is InChI=1S/C20H25ClN4OS/c1-4-25(5-2)16-10-9-15(12-23-24-20(22)27)19(11-16)26-13-17-14(3)7-6-8-18(17)21/h6-12H,4-5,13H2,1-3H3,(H3,22,24,27)/b23-12+. The summed E-state index contributed by atoms with van der Waals surface area (Å²) in [6.45, 7) is 8.46. The van der Waals surface area contributed by atoms with Crippen LogP contribution in [0.25, 0.3) is 0 Å². The number of ether oxygens (including phenoxy) is 1. The van der Waals surface area contributed by atoms with Crippen molar-refractivity contribution in [2.45, 2.75) is 27.4 Å². The van der Waals surface area contributed by atoms with Gasteiger partial charge in [-0.15, -0.1) is 0 Å². The summed E-state index contributed by atoms with van der Waals surface area (Å²) in [4.78, 5) is 2.25. The van der Waals surface area contributed by atoms with E-state index in [4.69, 9.17) is 34.3 Å². The summed E-state index contributed by atoms with van der Waals surface area (Å²) in [6, 6.07) is 11.8. The van der Waals surface area contributed by atoms with Gasteiger partial charge in [0.25, 0.3) is 0 Å². The molecule has 0 atom stereocenters. The molecule has 27 heavy (non-hydrogen) atoms. The maximum Gasteiger partial charge on any atom is 0.184 e. The first-order valence-corrected chi connectivity index (χ1v) is 9.59. The minimum absolute atomic E-state index is 0.111. The average molecular weight is 405 g/mol. The van der Waals surface area contributed by atoms with Gasteiger partial charge in [-0.3, -0.25) is 5.43 Å². The molecule has 144 valence electrons. The Labute approximate surface area is 171 Å². The summed E-state index contributed by atoms with van der Waals surface area (Å²) in [5, 5.41) is 4.85. The number of nitrogens with two attached hydrogens (primary N) is 1. The third-order valence-corrected chi connectivity index (χ3v) is 4.67. The highest BCUT2D eigenvalue weighted by molar-refractivity contribution is 7.80. The van der Waals surface area contributed by atoms with E-state index < -0.39 is 0 Å². The van der Waals surface area contributed by atoms with Crippen molar-refractivity contribution in [3.8, 4) is 5.75 Å². The predicted octanol–water partition coefficient (Wildman–Crippen LogP) is 4.24. The Morgan fingerprint density at radius 1 is 1.30 bits per heavy atom. The molecule has 2 rings (SSSR count). The normalized spacial score (nSPS) is 10.8. The largest absolute Gasteiger partial charge is 0.488 e. The van der Waals surface area contributed by atoms with Crippen molar-refractivity contribution in [3.63, 3.8) is 0 Å². The molecule has 5 nitrogen and oxygen atoms in total. The lowest BCUT2D eigenvalue weighted by Crippen LogP contribution is -2.24. The lowest BCUT2D eigenvalue weighted by atomic mass is 10.1. The Balaban J connectivity index is 2.32. The summed E-state index contributed by atoms with van der Waals surface area (Å²) < 4.78 is 6.13. The van der Waals surface area contributed by atoms with Crippen LogP contribution in [-0.2, 0) is 6.61 Å². The molecule has 0 aromatic heterocycles. The highest BCUT2D eigenvalue weighted by Crippen LogP contribution is 2.27. The summed E-state index contributed by atoms with van der Waals surface area (Å²) in [6.07, 6.45) is 1.64. The summed E-state index contributed by atoms with van der Waals surface area (Å²) in [5.74, 6) is 0.715. The van der Waals surface area contributed by atoms with E-state index in [2.05, 4.69) is 29.3 Å². The molecule has 0 bridgehead atoms. The van der Waals surface area contributed by atoms with Crippen molar-refractivity contribution < 1.29 is 4.74 Å². The number of nitrogens with zero attached hydrogens (tertiary/aromatic N) is 2. The molecule has 2 aromatic carbocycles. The maximum absolute atomic E-state index is 6.33. The minimum atomic E-state index is 0.111. The number of halogens is 1. The Morgan fingerprint density at radius 2 is 2.04 bits per heavy atom. The zero-order chi connectivity index (χ0) is 19.8. The van der Waals surface area contributed by atoms with Crippen LogP contribution >= 0.6 is 23.8 Å². The quantitative estimate of drug-likeness (QED) is 0.391. The van der Waals surface area contributed by atoms with Gasteiger partial charge in [0.1, 0.15) is 12.4 Å². The number of rotatable bonds is 8.